The van der Waals surface area contributed by atoms with Gasteiger partial charge < -0.3 is 15.5 Å². The zero-order valence-electron chi connectivity index (χ0n) is 9.82. The maximum absolute atomic E-state index is 11.9. The molecule has 17 heavy (non-hydrogen) atoms. The van der Waals surface area contributed by atoms with Gasteiger partial charge in [0.15, 0.2) is 5.60 Å². The first-order valence-corrected chi connectivity index (χ1v) is 6.30. The van der Waals surface area contributed by atoms with Gasteiger partial charge in [0.25, 0.3) is 0 Å². The lowest BCUT2D eigenvalue weighted by molar-refractivity contribution is -0.160. The maximum atomic E-state index is 11.9. The maximum Gasteiger partial charge on any atom is 0.337 e. The van der Waals surface area contributed by atoms with Crippen molar-refractivity contribution in [2.24, 2.45) is 5.92 Å². The third-order valence-corrected chi connectivity index (χ3v) is 4.04. The first kappa shape index (κ1) is 12.4. The Morgan fingerprint density at radius 2 is 1.76 bits per heavy atom. The molecule has 2 atom stereocenters. The molecule has 2 aliphatic rings. The highest BCUT2D eigenvalue weighted by Crippen LogP contribution is 2.32. The number of carbonyl (C=O) groups is 2. The number of rotatable bonds is 3. The van der Waals surface area contributed by atoms with E-state index < -0.39 is 17.6 Å². The van der Waals surface area contributed by atoms with Gasteiger partial charge in [-0.1, -0.05) is 12.8 Å². The fourth-order valence-electron chi connectivity index (χ4n) is 2.91. The number of hydrogen-bond donors (Lipinski definition) is 3. The summed E-state index contributed by atoms with van der Waals surface area (Å²) < 4.78 is 0. The molecule has 0 saturated heterocycles. The first-order chi connectivity index (χ1) is 8.04. The van der Waals surface area contributed by atoms with E-state index in [0.29, 0.717) is 12.8 Å². The van der Waals surface area contributed by atoms with Crippen molar-refractivity contribution in [1.82, 2.24) is 5.32 Å². The Kier molecular flexibility index (Phi) is 3.38. The fraction of sp³-hybridized carbons (Fsp3) is 0.833. The Labute approximate surface area is 100 Å². The molecule has 2 rings (SSSR count). The lowest BCUT2D eigenvalue weighted by Crippen LogP contribution is -2.54. The summed E-state index contributed by atoms with van der Waals surface area (Å²) in [6, 6.07) is -0.631. The van der Waals surface area contributed by atoms with Gasteiger partial charge in [0.1, 0.15) is 0 Å². The van der Waals surface area contributed by atoms with Crippen molar-refractivity contribution in [2.45, 2.75) is 56.6 Å². The molecule has 5 heteroatoms. The van der Waals surface area contributed by atoms with Crippen LogP contribution in [0.4, 0.5) is 0 Å². The van der Waals surface area contributed by atoms with Crippen LogP contribution in [-0.4, -0.2) is 33.7 Å². The van der Waals surface area contributed by atoms with Gasteiger partial charge in [-0.2, -0.15) is 0 Å². The first-order valence-electron chi connectivity index (χ1n) is 6.30. The molecular weight excluding hydrogens is 222 g/mol. The molecule has 0 aromatic heterocycles. The third-order valence-electron chi connectivity index (χ3n) is 4.04. The van der Waals surface area contributed by atoms with E-state index in [0.717, 1.165) is 25.7 Å². The van der Waals surface area contributed by atoms with E-state index in [1.807, 2.05) is 0 Å². The Morgan fingerprint density at radius 1 is 1.12 bits per heavy atom. The van der Waals surface area contributed by atoms with Gasteiger partial charge in [0.05, 0.1) is 6.04 Å². The number of aliphatic carboxylic acids is 1. The lowest BCUT2D eigenvalue weighted by Gasteiger charge is -2.27. The average molecular weight is 241 g/mol. The van der Waals surface area contributed by atoms with Crippen molar-refractivity contribution in [2.75, 3.05) is 0 Å². The fourth-order valence-corrected chi connectivity index (χ4v) is 2.91. The van der Waals surface area contributed by atoms with Gasteiger partial charge in [-0.05, 0) is 32.1 Å². The minimum Gasteiger partial charge on any atom is -0.479 e. The average Bonchev–Trinajstić information content (AvgIpc) is 2.89. The molecule has 0 aliphatic heterocycles. The quantitative estimate of drug-likeness (QED) is 0.677. The van der Waals surface area contributed by atoms with E-state index in [2.05, 4.69) is 5.32 Å². The number of carboxylic acid groups (broad SMARTS) is 1. The second-order valence-electron chi connectivity index (χ2n) is 5.16. The van der Waals surface area contributed by atoms with Crippen LogP contribution in [0.1, 0.15) is 44.9 Å². The SMILES string of the molecule is O=C(NC1CCCC1(O)C(=O)O)C1CCCC1. The highest BCUT2D eigenvalue weighted by molar-refractivity contribution is 5.83. The smallest absolute Gasteiger partial charge is 0.337 e. The predicted octanol–water partition coefficient (Wildman–Crippen LogP) is 0.661. The minimum atomic E-state index is -1.77. The summed E-state index contributed by atoms with van der Waals surface area (Å²) in [5.74, 6) is -1.31. The van der Waals surface area contributed by atoms with Crippen molar-refractivity contribution in [3.05, 3.63) is 0 Å². The largest absolute Gasteiger partial charge is 0.479 e. The van der Waals surface area contributed by atoms with Gasteiger partial charge in [-0.25, -0.2) is 4.79 Å². The zero-order chi connectivity index (χ0) is 12.5. The van der Waals surface area contributed by atoms with E-state index in [1.54, 1.807) is 0 Å². The zero-order valence-corrected chi connectivity index (χ0v) is 9.82. The van der Waals surface area contributed by atoms with Crippen molar-refractivity contribution in [1.29, 1.82) is 0 Å². The second-order valence-corrected chi connectivity index (χ2v) is 5.16. The summed E-state index contributed by atoms with van der Waals surface area (Å²) >= 11 is 0. The number of nitrogens with one attached hydrogen (secondary N) is 1. The Bertz CT molecular complexity index is 324. The minimum absolute atomic E-state index is 0.00800. The molecular formula is C12H19NO4. The van der Waals surface area contributed by atoms with Crippen LogP contribution < -0.4 is 5.32 Å². The van der Waals surface area contributed by atoms with E-state index in [9.17, 15) is 14.7 Å². The highest BCUT2D eigenvalue weighted by atomic mass is 16.4. The van der Waals surface area contributed by atoms with Crippen molar-refractivity contribution >= 4 is 11.9 Å². The van der Waals surface area contributed by atoms with Crippen molar-refractivity contribution in [3.63, 3.8) is 0 Å². The van der Waals surface area contributed by atoms with Gasteiger partial charge in [0, 0.05) is 5.92 Å². The second kappa shape index (κ2) is 4.64. The van der Waals surface area contributed by atoms with Crippen molar-refractivity contribution in [3.8, 4) is 0 Å². The molecule has 0 spiro atoms. The van der Waals surface area contributed by atoms with E-state index in [-0.39, 0.29) is 18.2 Å². The summed E-state index contributed by atoms with van der Waals surface area (Å²) in [6.07, 6.45) is 5.28. The summed E-state index contributed by atoms with van der Waals surface area (Å²) in [4.78, 5) is 22.9. The van der Waals surface area contributed by atoms with E-state index >= 15 is 0 Å². The van der Waals surface area contributed by atoms with Gasteiger partial charge in [0.2, 0.25) is 5.91 Å². The normalized spacial score (nSPS) is 33.8. The molecule has 0 aromatic carbocycles. The van der Waals surface area contributed by atoms with Crippen LogP contribution in [0, 0.1) is 5.92 Å². The van der Waals surface area contributed by atoms with Gasteiger partial charge >= 0.3 is 5.97 Å². The van der Waals surface area contributed by atoms with Gasteiger partial charge in [-0.15, -0.1) is 0 Å². The lowest BCUT2D eigenvalue weighted by atomic mass is 9.97. The third kappa shape index (κ3) is 2.29. The molecule has 2 aliphatic carbocycles. The van der Waals surface area contributed by atoms with E-state index in [1.165, 1.54) is 0 Å². The van der Waals surface area contributed by atoms with Crippen LogP contribution in [0.2, 0.25) is 0 Å². The van der Waals surface area contributed by atoms with Crippen LogP contribution >= 0.6 is 0 Å². The number of carbonyl (C=O) groups excluding carboxylic acids is 1. The summed E-state index contributed by atoms with van der Waals surface area (Å²) in [5.41, 5.74) is -1.77. The molecule has 2 unspecified atom stereocenters. The van der Waals surface area contributed by atoms with Crippen LogP contribution in [-0.2, 0) is 9.59 Å². The Balaban J connectivity index is 1.98. The van der Waals surface area contributed by atoms with Crippen molar-refractivity contribution < 1.29 is 19.8 Å². The number of amides is 1. The Hall–Kier alpha value is -1.10. The Morgan fingerprint density at radius 3 is 2.35 bits per heavy atom. The number of hydrogen-bond acceptors (Lipinski definition) is 3. The molecule has 2 fully saturated rings. The van der Waals surface area contributed by atoms with Crippen LogP contribution in [0.25, 0.3) is 0 Å². The molecule has 3 N–H and O–H groups in total. The number of carboxylic acids is 1. The van der Waals surface area contributed by atoms with Crippen LogP contribution in [0.3, 0.4) is 0 Å². The molecule has 1 amide bonds. The monoisotopic (exact) mass is 241 g/mol. The summed E-state index contributed by atoms with van der Waals surface area (Å²) in [6.45, 7) is 0. The summed E-state index contributed by atoms with van der Waals surface area (Å²) in [7, 11) is 0. The standard InChI is InChI=1S/C12H19NO4/c14-10(8-4-1-2-5-8)13-9-6-3-7-12(9,17)11(15)16/h8-9,17H,1-7H2,(H,13,14)(H,15,16). The molecule has 0 aromatic rings. The molecule has 5 nitrogen and oxygen atoms in total. The van der Waals surface area contributed by atoms with Crippen LogP contribution in [0.15, 0.2) is 0 Å². The van der Waals surface area contributed by atoms with E-state index in [4.69, 9.17) is 5.11 Å². The highest BCUT2D eigenvalue weighted by Gasteiger charge is 2.48. The summed E-state index contributed by atoms with van der Waals surface area (Å²) in [5, 5.41) is 21.7. The van der Waals surface area contributed by atoms with Crippen LogP contribution in [0.5, 0.6) is 0 Å². The topological polar surface area (TPSA) is 86.6 Å². The molecule has 2 saturated carbocycles. The number of aliphatic hydroxyl groups is 1. The van der Waals surface area contributed by atoms with Gasteiger partial charge in [-0.3, -0.25) is 4.79 Å². The molecule has 0 heterocycles. The molecule has 0 bridgehead atoms. The predicted molar refractivity (Wildman–Crippen MR) is 60.3 cm³/mol. The molecule has 96 valence electrons. The molecule has 0 radical (unpaired) electrons.